The van der Waals surface area contributed by atoms with E-state index in [4.69, 9.17) is 21.4 Å². The predicted molar refractivity (Wildman–Crippen MR) is 134 cm³/mol. The molecule has 0 unspecified atom stereocenters. The lowest BCUT2D eigenvalue weighted by atomic mass is 10.1. The van der Waals surface area contributed by atoms with Gasteiger partial charge < -0.3 is 15.4 Å². The number of aromatic nitrogens is 2. The first-order valence-electron chi connectivity index (χ1n) is 10.5. The Morgan fingerprint density at radius 2 is 1.76 bits per heavy atom. The first kappa shape index (κ1) is 23.1. The normalized spacial score (nSPS) is 10.6. The van der Waals surface area contributed by atoms with Gasteiger partial charge in [0.1, 0.15) is 11.4 Å². The zero-order chi connectivity index (χ0) is 24.2. The van der Waals surface area contributed by atoms with Gasteiger partial charge in [0.15, 0.2) is 0 Å². The maximum absolute atomic E-state index is 13.3. The summed E-state index contributed by atoms with van der Waals surface area (Å²) in [5, 5.41) is 10.5. The Kier molecular flexibility index (Phi) is 6.65. The highest BCUT2D eigenvalue weighted by molar-refractivity contribution is 6.34. The number of nitrogens with one attached hydrogen (secondary N) is 2. The molecule has 3 aromatic carbocycles. The van der Waals surface area contributed by atoms with E-state index >= 15 is 0 Å². The number of benzene rings is 3. The van der Waals surface area contributed by atoms with Gasteiger partial charge >= 0.3 is 0 Å². The van der Waals surface area contributed by atoms with Gasteiger partial charge in [0.2, 0.25) is 5.91 Å². The number of aryl methyl sites for hydroxylation is 1. The topological polar surface area (TPSA) is 85.2 Å². The minimum absolute atomic E-state index is 0.231. The maximum Gasteiger partial charge on any atom is 0.259 e. The Labute approximate surface area is 202 Å². The van der Waals surface area contributed by atoms with Crippen LogP contribution in [0.15, 0.2) is 72.9 Å². The molecule has 0 fully saturated rings. The number of rotatable bonds is 6. The third-order valence-electron chi connectivity index (χ3n) is 5.14. The van der Waals surface area contributed by atoms with Crippen LogP contribution in [0.3, 0.4) is 0 Å². The van der Waals surface area contributed by atoms with Crippen LogP contribution in [0.1, 0.15) is 22.8 Å². The van der Waals surface area contributed by atoms with E-state index in [-0.39, 0.29) is 11.8 Å². The van der Waals surface area contributed by atoms with Crippen molar-refractivity contribution in [3.05, 3.63) is 89.1 Å². The van der Waals surface area contributed by atoms with E-state index in [9.17, 15) is 9.59 Å². The smallest absolute Gasteiger partial charge is 0.259 e. The number of ether oxygens (including phenoxy) is 1. The Morgan fingerprint density at radius 1 is 1.00 bits per heavy atom. The SMILES string of the molecule is COc1cccc(-c2nn(-c3ccc(C)cc3)cc2C(=O)Nc2ccc(NC(C)=O)c(Cl)c2)c1. The standard InChI is InChI=1S/C26H23ClN4O3/c1-16-7-10-20(11-8-16)31-15-22(25(30-31)18-5-4-6-21(13-18)34-3)26(33)29-19-9-12-24(23(27)14-19)28-17(2)32/h4-15H,1-3H3,(H,28,32)(H,29,33). The largest absolute Gasteiger partial charge is 0.497 e. The molecule has 4 rings (SSSR count). The van der Waals surface area contributed by atoms with Crippen LogP contribution in [-0.2, 0) is 4.79 Å². The number of halogens is 1. The summed E-state index contributed by atoms with van der Waals surface area (Å²) in [4.78, 5) is 24.6. The van der Waals surface area contributed by atoms with Crippen LogP contribution >= 0.6 is 11.6 Å². The van der Waals surface area contributed by atoms with Crippen molar-refractivity contribution in [2.24, 2.45) is 0 Å². The lowest BCUT2D eigenvalue weighted by molar-refractivity contribution is -0.114. The van der Waals surface area contributed by atoms with Crippen molar-refractivity contribution in [2.75, 3.05) is 17.7 Å². The van der Waals surface area contributed by atoms with Crippen LogP contribution in [-0.4, -0.2) is 28.7 Å². The molecule has 2 N–H and O–H groups in total. The Hall–Kier alpha value is -4.10. The number of carbonyl (C=O) groups is 2. The number of nitrogens with zero attached hydrogens (tertiary/aromatic N) is 2. The number of hydrogen-bond acceptors (Lipinski definition) is 4. The number of methoxy groups -OCH3 is 1. The van der Waals surface area contributed by atoms with Gasteiger partial charge in [0.05, 0.1) is 29.1 Å². The second-order valence-electron chi connectivity index (χ2n) is 7.73. The van der Waals surface area contributed by atoms with Crippen LogP contribution in [0.5, 0.6) is 5.75 Å². The molecule has 4 aromatic rings. The molecule has 1 heterocycles. The molecule has 0 aliphatic rings. The summed E-state index contributed by atoms with van der Waals surface area (Å²) < 4.78 is 7.03. The average molecular weight is 475 g/mol. The van der Waals surface area contributed by atoms with E-state index in [2.05, 4.69) is 10.6 Å². The monoisotopic (exact) mass is 474 g/mol. The van der Waals surface area contributed by atoms with Crippen LogP contribution in [0.4, 0.5) is 11.4 Å². The zero-order valence-electron chi connectivity index (χ0n) is 18.9. The molecular formula is C26H23ClN4O3. The molecule has 7 nitrogen and oxygen atoms in total. The second-order valence-corrected chi connectivity index (χ2v) is 8.14. The maximum atomic E-state index is 13.3. The third-order valence-corrected chi connectivity index (χ3v) is 5.45. The molecular weight excluding hydrogens is 452 g/mol. The van der Waals surface area contributed by atoms with E-state index in [0.29, 0.717) is 33.4 Å². The van der Waals surface area contributed by atoms with Gasteiger partial charge in [0.25, 0.3) is 5.91 Å². The zero-order valence-corrected chi connectivity index (χ0v) is 19.7. The summed E-state index contributed by atoms with van der Waals surface area (Å²) in [6.07, 6.45) is 1.70. The van der Waals surface area contributed by atoms with Gasteiger partial charge in [-0.05, 0) is 49.4 Å². The van der Waals surface area contributed by atoms with Crippen LogP contribution in [0.25, 0.3) is 16.9 Å². The van der Waals surface area contributed by atoms with E-state index in [1.54, 1.807) is 36.2 Å². The Balaban J connectivity index is 1.71. The molecule has 34 heavy (non-hydrogen) atoms. The van der Waals surface area contributed by atoms with Crippen molar-refractivity contribution < 1.29 is 14.3 Å². The molecule has 0 aliphatic carbocycles. The lowest BCUT2D eigenvalue weighted by Gasteiger charge is -2.09. The van der Waals surface area contributed by atoms with Gasteiger partial charge in [-0.2, -0.15) is 5.10 Å². The number of hydrogen-bond donors (Lipinski definition) is 2. The van der Waals surface area contributed by atoms with Gasteiger partial charge in [-0.1, -0.05) is 41.4 Å². The number of amides is 2. The molecule has 0 atom stereocenters. The second kappa shape index (κ2) is 9.80. The fraction of sp³-hybridized carbons (Fsp3) is 0.115. The summed E-state index contributed by atoms with van der Waals surface area (Å²) in [6, 6.07) is 20.1. The molecule has 2 amide bonds. The quantitative estimate of drug-likeness (QED) is 0.374. The Bertz CT molecular complexity index is 1360. The summed E-state index contributed by atoms with van der Waals surface area (Å²) in [7, 11) is 1.59. The number of carbonyl (C=O) groups excluding carboxylic acids is 2. The molecule has 0 spiro atoms. The van der Waals surface area contributed by atoms with Crippen LogP contribution < -0.4 is 15.4 Å². The van der Waals surface area contributed by atoms with Gasteiger partial charge in [0, 0.05) is 24.4 Å². The van der Waals surface area contributed by atoms with Crippen molar-refractivity contribution >= 4 is 34.8 Å². The molecule has 172 valence electrons. The van der Waals surface area contributed by atoms with Crippen LogP contribution in [0, 0.1) is 6.92 Å². The van der Waals surface area contributed by atoms with E-state index < -0.39 is 0 Å². The van der Waals surface area contributed by atoms with Crippen LogP contribution in [0.2, 0.25) is 5.02 Å². The minimum atomic E-state index is -0.348. The van der Waals surface area contributed by atoms with Gasteiger partial charge in [-0.3, -0.25) is 9.59 Å². The van der Waals surface area contributed by atoms with E-state index in [1.165, 1.54) is 6.92 Å². The summed E-state index contributed by atoms with van der Waals surface area (Å²) in [5.41, 5.74) is 4.56. The van der Waals surface area contributed by atoms with Gasteiger partial charge in [-0.15, -0.1) is 0 Å². The van der Waals surface area contributed by atoms with Crippen molar-refractivity contribution in [1.82, 2.24) is 9.78 Å². The highest BCUT2D eigenvalue weighted by Crippen LogP contribution is 2.29. The molecule has 0 aliphatic heterocycles. The fourth-order valence-corrected chi connectivity index (χ4v) is 3.66. The first-order valence-corrected chi connectivity index (χ1v) is 10.9. The van der Waals surface area contributed by atoms with Crippen molar-refractivity contribution in [3.8, 4) is 22.7 Å². The summed E-state index contributed by atoms with van der Waals surface area (Å²) in [6.45, 7) is 3.41. The van der Waals surface area contributed by atoms with Crippen molar-refractivity contribution in [3.63, 3.8) is 0 Å². The highest BCUT2D eigenvalue weighted by atomic mass is 35.5. The summed E-state index contributed by atoms with van der Waals surface area (Å²) >= 11 is 6.26. The predicted octanol–water partition coefficient (Wildman–Crippen LogP) is 5.72. The minimum Gasteiger partial charge on any atom is -0.497 e. The third kappa shape index (κ3) is 5.10. The molecule has 0 radical (unpaired) electrons. The van der Waals surface area contributed by atoms with Crippen molar-refractivity contribution in [1.29, 1.82) is 0 Å². The van der Waals surface area contributed by atoms with E-state index in [1.807, 2.05) is 55.5 Å². The molecule has 0 bridgehead atoms. The Morgan fingerprint density at radius 3 is 2.44 bits per heavy atom. The molecule has 0 saturated heterocycles. The first-order chi connectivity index (χ1) is 16.3. The molecule has 8 heteroatoms. The molecule has 0 saturated carbocycles. The lowest BCUT2D eigenvalue weighted by Crippen LogP contribution is -2.13. The average Bonchev–Trinajstić information content (AvgIpc) is 3.27. The summed E-state index contributed by atoms with van der Waals surface area (Å²) in [5.74, 6) is 0.0822. The molecule has 1 aromatic heterocycles. The van der Waals surface area contributed by atoms with E-state index in [0.717, 1.165) is 16.8 Å². The number of anilines is 2. The highest BCUT2D eigenvalue weighted by Gasteiger charge is 2.20. The fourth-order valence-electron chi connectivity index (χ4n) is 3.44. The van der Waals surface area contributed by atoms with Crippen molar-refractivity contribution in [2.45, 2.75) is 13.8 Å². The van der Waals surface area contributed by atoms with Gasteiger partial charge in [-0.25, -0.2) is 4.68 Å².